The van der Waals surface area contributed by atoms with Crippen LogP contribution in [0.3, 0.4) is 0 Å². The second kappa shape index (κ2) is 11.8. The molecule has 0 fully saturated rings. The van der Waals surface area contributed by atoms with Gasteiger partial charge in [-0.1, -0.05) is 12.2 Å². The number of fused-ring (bicyclic) bond motifs is 2. The van der Waals surface area contributed by atoms with E-state index in [-0.39, 0.29) is 23.9 Å². The molecule has 5 aliphatic rings. The third-order valence-electron chi connectivity index (χ3n) is 9.20. The molecule has 2 unspecified atom stereocenters. The number of amidine groups is 2. The quantitative estimate of drug-likeness (QED) is 0.173. The van der Waals surface area contributed by atoms with Gasteiger partial charge in [-0.3, -0.25) is 14.6 Å². The highest BCUT2D eigenvalue weighted by Crippen LogP contribution is 2.49. The largest absolute Gasteiger partial charge is 0.405 e. The molecule has 2 aromatic heterocycles. The Balaban J connectivity index is 1.20. The van der Waals surface area contributed by atoms with Crippen molar-refractivity contribution in [1.82, 2.24) is 19.3 Å². The molecule has 0 amide bonds. The third-order valence-corrected chi connectivity index (χ3v) is 9.20. The number of aliphatic imine (C=N–C) groups is 6. The van der Waals surface area contributed by atoms with E-state index in [0.717, 1.165) is 73.3 Å². The molecule has 4 aromatic rings. The number of rotatable bonds is 9. The van der Waals surface area contributed by atoms with Crippen molar-refractivity contribution in [2.75, 3.05) is 10.6 Å². The highest BCUT2D eigenvalue weighted by atomic mass is 15.3. The summed E-state index contributed by atoms with van der Waals surface area (Å²) < 4.78 is 3.90. The van der Waals surface area contributed by atoms with Crippen LogP contribution in [0.5, 0.6) is 0 Å². The standard InChI is InChI=1S/C38H35N13/c1-20(2)46-28-16-23(51-12-6-11-45-51)15-27-32(28)26(17-41-27)34-24-7-8-25-31(24)33-36(48-34)42-18-43-37(33)49-38(25)50-19-44-29-13-22(40-10-5-9-39)14-30(35(29)50)47-21(3)4/h5-21,26,33,46-47H,39H2,1-4H3. The Hall–Kier alpha value is -6.50. The lowest BCUT2D eigenvalue weighted by Crippen LogP contribution is -2.36. The smallest absolute Gasteiger partial charge is 0.148 e. The maximum Gasteiger partial charge on any atom is 0.148 e. The molecule has 2 atom stereocenters. The number of hydrogen-bond donors (Lipinski definition) is 3. The summed E-state index contributed by atoms with van der Waals surface area (Å²) in [7, 11) is 0. The molecular formula is C38H35N13. The summed E-state index contributed by atoms with van der Waals surface area (Å²) in [6.07, 6.45) is 18.2. The predicted octanol–water partition coefficient (Wildman–Crippen LogP) is 6.50. The second-order valence-corrected chi connectivity index (χ2v) is 13.4. The number of allylic oxidation sites excluding steroid dienone is 5. The first-order valence-corrected chi connectivity index (χ1v) is 17.0. The molecule has 252 valence electrons. The van der Waals surface area contributed by atoms with Crippen molar-refractivity contribution in [3.05, 3.63) is 95.8 Å². The first-order valence-electron chi connectivity index (χ1n) is 17.0. The van der Waals surface area contributed by atoms with Crippen LogP contribution in [-0.4, -0.2) is 67.6 Å². The van der Waals surface area contributed by atoms with Crippen LogP contribution in [0.4, 0.5) is 22.7 Å². The fourth-order valence-corrected chi connectivity index (χ4v) is 7.30. The molecule has 6 heterocycles. The average Bonchev–Trinajstić information content (AvgIpc) is 3.93. The Bertz CT molecular complexity index is 2440. The number of nitrogens with one attached hydrogen (secondary N) is 2. The molecule has 9 rings (SSSR count). The molecule has 0 bridgehead atoms. The van der Waals surface area contributed by atoms with Crippen LogP contribution in [0.2, 0.25) is 0 Å². The van der Waals surface area contributed by atoms with Crippen LogP contribution in [0.15, 0.2) is 120 Å². The second-order valence-electron chi connectivity index (χ2n) is 13.4. The lowest BCUT2D eigenvalue weighted by molar-refractivity contribution is 0.872. The van der Waals surface area contributed by atoms with Gasteiger partial charge in [-0.15, -0.1) is 0 Å². The summed E-state index contributed by atoms with van der Waals surface area (Å²) in [6, 6.07) is 10.5. The highest BCUT2D eigenvalue weighted by molar-refractivity contribution is 6.30. The van der Waals surface area contributed by atoms with Gasteiger partial charge in [-0.05, 0) is 75.9 Å². The van der Waals surface area contributed by atoms with Crippen molar-refractivity contribution < 1.29 is 0 Å². The van der Waals surface area contributed by atoms with E-state index in [1.807, 2.05) is 46.2 Å². The average molecular weight is 674 g/mol. The van der Waals surface area contributed by atoms with Crippen molar-refractivity contribution in [1.29, 1.82) is 0 Å². The fourth-order valence-electron chi connectivity index (χ4n) is 7.30. The minimum absolute atomic E-state index is 0.167. The molecule has 2 aromatic carbocycles. The maximum atomic E-state index is 5.52. The number of aromatic nitrogens is 4. The van der Waals surface area contributed by atoms with E-state index in [9.17, 15) is 0 Å². The molecule has 4 N–H and O–H groups in total. The first-order chi connectivity index (χ1) is 24.9. The zero-order valence-corrected chi connectivity index (χ0v) is 28.5. The molecule has 4 aliphatic heterocycles. The van der Waals surface area contributed by atoms with E-state index in [1.54, 1.807) is 24.8 Å². The summed E-state index contributed by atoms with van der Waals surface area (Å²) in [5, 5.41) is 11.7. The Morgan fingerprint density at radius 2 is 1.78 bits per heavy atom. The topological polar surface area (TPSA) is 160 Å². The minimum Gasteiger partial charge on any atom is -0.405 e. The van der Waals surface area contributed by atoms with E-state index in [2.05, 4.69) is 77.7 Å². The monoisotopic (exact) mass is 673 g/mol. The number of nitrogens with zero attached hydrogens (tertiary/aromatic N) is 10. The van der Waals surface area contributed by atoms with Gasteiger partial charge < -0.3 is 16.4 Å². The number of anilines is 2. The Morgan fingerprint density at radius 1 is 0.941 bits per heavy atom. The van der Waals surface area contributed by atoms with Gasteiger partial charge in [-0.2, -0.15) is 5.10 Å². The molecular weight excluding hydrogens is 639 g/mol. The summed E-state index contributed by atoms with van der Waals surface area (Å²) in [6.45, 7) is 8.49. The van der Waals surface area contributed by atoms with Gasteiger partial charge in [0, 0.05) is 59.3 Å². The van der Waals surface area contributed by atoms with Gasteiger partial charge in [0.05, 0.1) is 45.4 Å². The fraction of sp³-hybridized carbons (Fsp3) is 0.211. The zero-order valence-electron chi connectivity index (χ0n) is 28.5. The SMILES string of the molecule is CC(C)Nc1cc(-n2cccn2)cc2c1C(C1=NC3=NC=NC4=NC(n5cnc6cc(N=CC=CN)cc(NC(C)C)c65)=C5C=CC1=C5C34)C=N2. The van der Waals surface area contributed by atoms with Crippen LogP contribution in [-0.2, 0) is 0 Å². The number of nitrogens with two attached hydrogens (primary N) is 1. The summed E-state index contributed by atoms with van der Waals surface area (Å²) in [5.41, 5.74) is 16.8. The minimum atomic E-state index is -0.268. The maximum absolute atomic E-state index is 5.52. The highest BCUT2D eigenvalue weighted by Gasteiger charge is 2.44. The zero-order chi connectivity index (χ0) is 34.8. The van der Waals surface area contributed by atoms with Gasteiger partial charge in [-0.25, -0.2) is 29.6 Å². The number of dihydropyridines is 1. The molecule has 13 nitrogen and oxygen atoms in total. The van der Waals surface area contributed by atoms with E-state index in [4.69, 9.17) is 30.7 Å². The van der Waals surface area contributed by atoms with Crippen molar-refractivity contribution >= 4 is 75.8 Å². The van der Waals surface area contributed by atoms with E-state index < -0.39 is 0 Å². The molecule has 0 radical (unpaired) electrons. The molecule has 0 saturated carbocycles. The Morgan fingerprint density at radius 3 is 2.59 bits per heavy atom. The van der Waals surface area contributed by atoms with Crippen molar-refractivity contribution in [2.45, 2.75) is 45.7 Å². The van der Waals surface area contributed by atoms with Crippen LogP contribution in [0.1, 0.15) is 39.2 Å². The van der Waals surface area contributed by atoms with Crippen molar-refractivity contribution in [2.24, 2.45) is 41.6 Å². The predicted molar refractivity (Wildman–Crippen MR) is 207 cm³/mol. The van der Waals surface area contributed by atoms with Crippen LogP contribution in [0.25, 0.3) is 22.5 Å². The van der Waals surface area contributed by atoms with Crippen molar-refractivity contribution in [3.63, 3.8) is 0 Å². The number of hydrogen-bond acceptors (Lipinski definition) is 11. The van der Waals surface area contributed by atoms with E-state index in [0.29, 0.717) is 11.7 Å². The Kier molecular flexibility index (Phi) is 7.09. The van der Waals surface area contributed by atoms with Gasteiger partial charge in [0.2, 0.25) is 0 Å². The normalized spacial score (nSPS) is 20.0. The van der Waals surface area contributed by atoms with Crippen LogP contribution < -0.4 is 16.4 Å². The van der Waals surface area contributed by atoms with Crippen LogP contribution >= 0.6 is 0 Å². The molecule has 0 spiro atoms. The molecule has 51 heavy (non-hydrogen) atoms. The number of benzene rings is 2. The number of imidazole rings is 1. The van der Waals surface area contributed by atoms with E-state index in [1.165, 1.54) is 6.20 Å². The van der Waals surface area contributed by atoms with Gasteiger partial charge in [0.1, 0.15) is 36.1 Å². The van der Waals surface area contributed by atoms with Crippen LogP contribution in [0, 0.1) is 5.92 Å². The summed E-state index contributed by atoms with van der Waals surface area (Å²) >= 11 is 0. The lowest BCUT2D eigenvalue weighted by atomic mass is 9.80. The van der Waals surface area contributed by atoms with E-state index >= 15 is 0 Å². The van der Waals surface area contributed by atoms with Crippen molar-refractivity contribution in [3.8, 4) is 5.69 Å². The third kappa shape index (κ3) is 4.99. The summed E-state index contributed by atoms with van der Waals surface area (Å²) in [4.78, 5) is 34.1. The Labute approximate surface area is 294 Å². The molecule has 1 aliphatic carbocycles. The molecule has 13 heteroatoms. The summed E-state index contributed by atoms with van der Waals surface area (Å²) in [5.74, 6) is 1.61. The van der Waals surface area contributed by atoms with Gasteiger partial charge >= 0.3 is 0 Å². The van der Waals surface area contributed by atoms with Gasteiger partial charge in [0.25, 0.3) is 0 Å². The first kappa shape index (κ1) is 30.6. The molecule has 0 saturated heterocycles. The van der Waals surface area contributed by atoms with Gasteiger partial charge in [0.15, 0.2) is 0 Å². The lowest BCUT2D eigenvalue weighted by Gasteiger charge is -2.32.